The van der Waals surface area contributed by atoms with Crippen molar-refractivity contribution in [3.63, 3.8) is 0 Å². The molecule has 3 atom stereocenters. The summed E-state index contributed by atoms with van der Waals surface area (Å²) in [4.78, 5) is 5.61. The van der Waals surface area contributed by atoms with Crippen LogP contribution in [-0.2, 0) is 0 Å². The highest BCUT2D eigenvalue weighted by Gasteiger charge is 2.44. The van der Waals surface area contributed by atoms with Gasteiger partial charge in [-0.25, -0.2) is 0 Å². The Kier molecular flexibility index (Phi) is 4.13. The van der Waals surface area contributed by atoms with E-state index in [-0.39, 0.29) is 0 Å². The van der Waals surface area contributed by atoms with Crippen LogP contribution in [0.5, 0.6) is 0 Å². The second-order valence-electron chi connectivity index (χ2n) is 7.98. The van der Waals surface area contributed by atoms with Gasteiger partial charge >= 0.3 is 0 Å². The quantitative estimate of drug-likeness (QED) is 0.854. The Morgan fingerprint density at radius 2 is 1.95 bits per heavy atom. The van der Waals surface area contributed by atoms with Crippen molar-refractivity contribution in [2.24, 2.45) is 11.8 Å². The molecule has 4 aliphatic rings. The van der Waals surface area contributed by atoms with Gasteiger partial charge in [-0.15, -0.1) is 0 Å². The van der Waals surface area contributed by atoms with E-state index in [1.54, 1.807) is 0 Å². The Morgan fingerprint density at radius 3 is 2.45 bits per heavy atom. The molecule has 20 heavy (non-hydrogen) atoms. The Hall–Kier alpha value is -0.120. The lowest BCUT2D eigenvalue weighted by Crippen LogP contribution is -2.70. The third kappa shape index (κ3) is 2.65. The largest absolute Gasteiger partial charge is 0.309 e. The van der Waals surface area contributed by atoms with Crippen LogP contribution in [0.3, 0.4) is 0 Å². The van der Waals surface area contributed by atoms with Crippen LogP contribution in [0.15, 0.2) is 0 Å². The number of fused-ring (bicyclic) bond motifs is 3. The zero-order valence-corrected chi connectivity index (χ0v) is 13.9. The van der Waals surface area contributed by atoms with Crippen LogP contribution < -0.4 is 5.32 Å². The molecule has 4 aliphatic heterocycles. The fraction of sp³-hybridized carbons (Fsp3) is 1.00. The Morgan fingerprint density at radius 1 is 1.25 bits per heavy atom. The van der Waals surface area contributed by atoms with Crippen molar-refractivity contribution >= 4 is 0 Å². The first kappa shape index (κ1) is 14.8. The van der Waals surface area contributed by atoms with Crippen molar-refractivity contribution in [2.75, 3.05) is 32.7 Å². The monoisotopic (exact) mass is 279 g/mol. The predicted molar refractivity (Wildman–Crippen MR) is 85.0 cm³/mol. The van der Waals surface area contributed by atoms with Gasteiger partial charge in [0.1, 0.15) is 0 Å². The molecule has 3 nitrogen and oxygen atoms in total. The van der Waals surface area contributed by atoms with E-state index in [1.807, 2.05) is 0 Å². The highest BCUT2D eigenvalue weighted by molar-refractivity contribution is 5.02. The number of hydrogen-bond acceptors (Lipinski definition) is 3. The fourth-order valence-electron chi connectivity index (χ4n) is 4.57. The van der Waals surface area contributed by atoms with E-state index < -0.39 is 0 Å². The molecule has 4 fully saturated rings. The maximum absolute atomic E-state index is 3.83. The summed E-state index contributed by atoms with van der Waals surface area (Å²) in [6, 6.07) is 1.54. The van der Waals surface area contributed by atoms with Crippen molar-refractivity contribution in [3.05, 3.63) is 0 Å². The van der Waals surface area contributed by atoms with Crippen molar-refractivity contribution in [1.82, 2.24) is 15.1 Å². The maximum Gasteiger partial charge on any atom is 0.0278 e. The molecule has 116 valence electrons. The molecule has 4 saturated heterocycles. The second-order valence-corrected chi connectivity index (χ2v) is 7.98. The minimum absolute atomic E-state index is 0.317. The Labute approximate surface area is 125 Å². The standard InChI is InChI=1S/C17H33N3/c1-5-17(4)12-20(15(10-18-17)13(2)3)16-11-19-8-6-14(16)7-9-19/h13-16,18H,5-12H2,1-4H3. The summed E-state index contributed by atoms with van der Waals surface area (Å²) in [6.45, 7) is 16.0. The van der Waals surface area contributed by atoms with Gasteiger partial charge in [-0.1, -0.05) is 20.8 Å². The van der Waals surface area contributed by atoms with E-state index in [4.69, 9.17) is 0 Å². The minimum Gasteiger partial charge on any atom is -0.309 e. The molecule has 4 heterocycles. The smallest absolute Gasteiger partial charge is 0.0278 e. The third-order valence-corrected chi connectivity index (χ3v) is 6.29. The topological polar surface area (TPSA) is 18.5 Å². The van der Waals surface area contributed by atoms with Gasteiger partial charge in [-0.05, 0) is 51.1 Å². The SMILES string of the molecule is CCC1(C)CN(C2CN3CCC2CC3)C(C(C)C)CN1. The van der Waals surface area contributed by atoms with Gasteiger partial charge in [0.2, 0.25) is 0 Å². The average molecular weight is 279 g/mol. The fourth-order valence-corrected chi connectivity index (χ4v) is 4.57. The van der Waals surface area contributed by atoms with E-state index in [0.717, 1.165) is 23.9 Å². The third-order valence-electron chi connectivity index (χ3n) is 6.29. The van der Waals surface area contributed by atoms with Crippen LogP contribution in [0, 0.1) is 11.8 Å². The highest BCUT2D eigenvalue weighted by atomic mass is 15.3. The van der Waals surface area contributed by atoms with Crippen LogP contribution >= 0.6 is 0 Å². The van der Waals surface area contributed by atoms with E-state index in [0.29, 0.717) is 5.54 Å². The molecular formula is C17H33N3. The summed E-state index contributed by atoms with van der Waals surface area (Å²) in [6.07, 6.45) is 4.10. The van der Waals surface area contributed by atoms with Crippen molar-refractivity contribution in [3.8, 4) is 0 Å². The van der Waals surface area contributed by atoms with Crippen LogP contribution in [0.1, 0.15) is 47.0 Å². The average Bonchev–Trinajstić information content (AvgIpc) is 2.48. The van der Waals surface area contributed by atoms with E-state index >= 15 is 0 Å². The lowest BCUT2D eigenvalue weighted by atomic mass is 9.79. The summed E-state index contributed by atoms with van der Waals surface area (Å²) in [5, 5.41) is 3.83. The normalized spacial score (nSPS) is 46.0. The van der Waals surface area contributed by atoms with Gasteiger partial charge in [-0.2, -0.15) is 0 Å². The first-order valence-electron chi connectivity index (χ1n) is 8.75. The molecule has 0 aliphatic carbocycles. The van der Waals surface area contributed by atoms with E-state index in [9.17, 15) is 0 Å². The van der Waals surface area contributed by atoms with Crippen LogP contribution in [-0.4, -0.2) is 60.1 Å². The molecule has 0 aromatic heterocycles. The van der Waals surface area contributed by atoms with Gasteiger partial charge < -0.3 is 10.2 Å². The molecule has 3 heteroatoms. The number of piperidine rings is 3. The molecule has 0 amide bonds. The molecule has 0 aromatic rings. The van der Waals surface area contributed by atoms with Crippen LogP contribution in [0.4, 0.5) is 0 Å². The van der Waals surface area contributed by atoms with Gasteiger partial charge in [0.05, 0.1) is 0 Å². The van der Waals surface area contributed by atoms with Crippen molar-refractivity contribution in [2.45, 2.75) is 64.6 Å². The zero-order valence-electron chi connectivity index (χ0n) is 13.9. The number of hydrogen-bond donors (Lipinski definition) is 1. The molecular weight excluding hydrogens is 246 g/mol. The molecule has 0 aromatic carbocycles. The molecule has 0 saturated carbocycles. The Bertz CT molecular complexity index is 335. The minimum atomic E-state index is 0.317. The van der Waals surface area contributed by atoms with E-state index in [2.05, 4.69) is 42.8 Å². The first-order valence-corrected chi connectivity index (χ1v) is 8.75. The molecule has 2 bridgehead atoms. The molecule has 1 N–H and O–H groups in total. The Balaban J connectivity index is 1.79. The van der Waals surface area contributed by atoms with Crippen molar-refractivity contribution in [1.29, 1.82) is 0 Å². The number of nitrogens with one attached hydrogen (secondary N) is 1. The lowest BCUT2D eigenvalue weighted by Gasteiger charge is -2.56. The van der Waals surface area contributed by atoms with E-state index in [1.165, 1.54) is 52.0 Å². The van der Waals surface area contributed by atoms with Crippen LogP contribution in [0.2, 0.25) is 0 Å². The van der Waals surface area contributed by atoms with Gasteiger partial charge in [0, 0.05) is 37.3 Å². The van der Waals surface area contributed by atoms with Gasteiger partial charge in [0.25, 0.3) is 0 Å². The lowest BCUT2D eigenvalue weighted by molar-refractivity contribution is -0.0534. The summed E-state index contributed by atoms with van der Waals surface area (Å²) in [7, 11) is 0. The number of nitrogens with zero attached hydrogens (tertiary/aromatic N) is 2. The summed E-state index contributed by atoms with van der Waals surface area (Å²) in [5.41, 5.74) is 0.317. The first-order chi connectivity index (χ1) is 9.52. The molecule has 0 spiro atoms. The maximum atomic E-state index is 3.83. The summed E-state index contributed by atoms with van der Waals surface area (Å²) in [5.74, 6) is 1.71. The van der Waals surface area contributed by atoms with Gasteiger partial charge in [0.15, 0.2) is 0 Å². The molecule has 3 unspecified atom stereocenters. The summed E-state index contributed by atoms with van der Waals surface area (Å²) < 4.78 is 0. The van der Waals surface area contributed by atoms with Crippen molar-refractivity contribution < 1.29 is 0 Å². The molecule has 0 radical (unpaired) electrons. The van der Waals surface area contributed by atoms with Crippen LogP contribution in [0.25, 0.3) is 0 Å². The van der Waals surface area contributed by atoms with Gasteiger partial charge in [-0.3, -0.25) is 4.90 Å². The number of rotatable bonds is 3. The number of piperazine rings is 1. The highest BCUT2D eigenvalue weighted by Crippen LogP contribution is 2.35. The zero-order chi connectivity index (χ0) is 14.3. The second kappa shape index (κ2) is 5.58. The molecule has 4 rings (SSSR count). The summed E-state index contributed by atoms with van der Waals surface area (Å²) >= 11 is 0. The predicted octanol–water partition coefficient (Wildman–Crippen LogP) is 2.18.